The predicted octanol–water partition coefficient (Wildman–Crippen LogP) is 4.05. The molecule has 0 radical (unpaired) electrons. The molecular weight excluding hydrogens is 300 g/mol. The van der Waals surface area contributed by atoms with Gasteiger partial charge < -0.3 is 9.47 Å². The number of aryl methyl sites for hydroxylation is 2. The van der Waals surface area contributed by atoms with Gasteiger partial charge in [-0.2, -0.15) is 0 Å². The molecule has 1 aliphatic heterocycles. The molecule has 3 heteroatoms. The van der Waals surface area contributed by atoms with Crippen LogP contribution in [-0.4, -0.2) is 19.7 Å². The highest BCUT2D eigenvalue weighted by atomic mass is 16.5. The number of rotatable bonds is 2. The Morgan fingerprint density at radius 3 is 2.67 bits per heavy atom. The van der Waals surface area contributed by atoms with Crippen molar-refractivity contribution >= 4 is 5.97 Å². The van der Waals surface area contributed by atoms with Gasteiger partial charge in [0.2, 0.25) is 0 Å². The summed E-state index contributed by atoms with van der Waals surface area (Å²) in [6.07, 6.45) is 4.91. The molecule has 124 valence electrons. The lowest BCUT2D eigenvalue weighted by molar-refractivity contribution is 0.0600. The Balaban J connectivity index is 1.79. The van der Waals surface area contributed by atoms with E-state index in [9.17, 15) is 4.79 Å². The van der Waals surface area contributed by atoms with Crippen LogP contribution in [0.5, 0.6) is 5.75 Å². The number of ether oxygens (including phenoxy) is 2. The molecule has 1 aliphatic carbocycles. The molecule has 2 aromatic rings. The average molecular weight is 322 g/mol. The van der Waals surface area contributed by atoms with E-state index < -0.39 is 0 Å². The van der Waals surface area contributed by atoms with Gasteiger partial charge in [0, 0.05) is 5.56 Å². The first kappa shape index (κ1) is 15.3. The minimum atomic E-state index is -0.308. The molecule has 1 unspecified atom stereocenters. The zero-order valence-corrected chi connectivity index (χ0v) is 14.2. The summed E-state index contributed by atoms with van der Waals surface area (Å²) in [6, 6.07) is 12.4. The largest absolute Gasteiger partial charge is 0.492 e. The van der Waals surface area contributed by atoms with Crippen LogP contribution in [0.15, 0.2) is 36.4 Å². The highest BCUT2D eigenvalue weighted by Crippen LogP contribution is 2.44. The summed E-state index contributed by atoms with van der Waals surface area (Å²) in [7, 11) is 1.41. The standard InChI is InChI=1S/C21H22O3/c1-21(17-9-7-14-5-3-4-6-15(14)11-17)13-24-19-10-8-16(12-18(19)21)20(22)23-2/h7-12H,3-6,13H2,1-2H3. The third kappa shape index (κ3) is 2.31. The zero-order chi connectivity index (χ0) is 16.7. The molecule has 0 spiro atoms. The van der Waals surface area contributed by atoms with E-state index in [1.165, 1.54) is 43.1 Å². The molecule has 0 saturated heterocycles. The molecule has 24 heavy (non-hydrogen) atoms. The van der Waals surface area contributed by atoms with Crippen LogP contribution in [0, 0.1) is 0 Å². The van der Waals surface area contributed by atoms with Crippen LogP contribution >= 0.6 is 0 Å². The predicted molar refractivity (Wildman–Crippen MR) is 92.8 cm³/mol. The van der Waals surface area contributed by atoms with Gasteiger partial charge in [0.05, 0.1) is 18.1 Å². The van der Waals surface area contributed by atoms with Crippen molar-refractivity contribution in [1.29, 1.82) is 0 Å². The highest BCUT2D eigenvalue weighted by Gasteiger charge is 2.39. The summed E-state index contributed by atoms with van der Waals surface area (Å²) in [4.78, 5) is 11.9. The van der Waals surface area contributed by atoms with E-state index in [4.69, 9.17) is 9.47 Å². The number of carbonyl (C=O) groups excluding carboxylic acids is 1. The Hall–Kier alpha value is -2.29. The second-order valence-electron chi connectivity index (χ2n) is 7.01. The number of hydrogen-bond acceptors (Lipinski definition) is 3. The van der Waals surface area contributed by atoms with Gasteiger partial charge in [-0.25, -0.2) is 4.79 Å². The summed E-state index contributed by atoms with van der Waals surface area (Å²) < 4.78 is 10.8. The maximum atomic E-state index is 11.9. The minimum absolute atomic E-state index is 0.230. The van der Waals surface area contributed by atoms with Crippen LogP contribution < -0.4 is 4.74 Å². The van der Waals surface area contributed by atoms with E-state index in [2.05, 4.69) is 25.1 Å². The van der Waals surface area contributed by atoms with Crippen molar-refractivity contribution in [1.82, 2.24) is 0 Å². The first-order valence-corrected chi connectivity index (χ1v) is 8.60. The Morgan fingerprint density at radius 1 is 1.08 bits per heavy atom. The maximum absolute atomic E-state index is 11.9. The van der Waals surface area contributed by atoms with Crippen molar-refractivity contribution in [3.05, 3.63) is 64.2 Å². The van der Waals surface area contributed by atoms with E-state index in [1.807, 2.05) is 12.1 Å². The van der Waals surface area contributed by atoms with Gasteiger partial charge in [0.25, 0.3) is 0 Å². The first-order chi connectivity index (χ1) is 11.6. The van der Waals surface area contributed by atoms with Gasteiger partial charge >= 0.3 is 5.97 Å². The molecule has 0 N–H and O–H groups in total. The molecule has 2 aliphatic rings. The van der Waals surface area contributed by atoms with E-state index in [0.717, 1.165) is 17.7 Å². The van der Waals surface area contributed by atoms with Crippen molar-refractivity contribution in [3.8, 4) is 5.75 Å². The van der Waals surface area contributed by atoms with E-state index in [0.29, 0.717) is 12.2 Å². The third-order valence-electron chi connectivity index (χ3n) is 5.50. The number of hydrogen-bond donors (Lipinski definition) is 0. The minimum Gasteiger partial charge on any atom is -0.492 e. The van der Waals surface area contributed by atoms with Gasteiger partial charge in [-0.15, -0.1) is 0 Å². The van der Waals surface area contributed by atoms with Crippen molar-refractivity contribution < 1.29 is 14.3 Å². The summed E-state index contributed by atoms with van der Waals surface area (Å²) in [5.41, 5.74) is 5.64. The molecule has 0 fully saturated rings. The van der Waals surface area contributed by atoms with Gasteiger partial charge in [-0.1, -0.05) is 18.2 Å². The highest BCUT2D eigenvalue weighted by molar-refractivity contribution is 5.90. The van der Waals surface area contributed by atoms with E-state index in [1.54, 1.807) is 6.07 Å². The monoisotopic (exact) mass is 322 g/mol. The fraction of sp³-hybridized carbons (Fsp3) is 0.381. The normalized spacial score (nSPS) is 21.6. The number of carbonyl (C=O) groups is 1. The van der Waals surface area contributed by atoms with Crippen molar-refractivity contribution in [2.45, 2.75) is 38.0 Å². The number of esters is 1. The Kier molecular flexibility index (Phi) is 3.60. The topological polar surface area (TPSA) is 35.5 Å². The van der Waals surface area contributed by atoms with Crippen LogP contribution in [-0.2, 0) is 23.0 Å². The van der Waals surface area contributed by atoms with Crippen LogP contribution in [0.4, 0.5) is 0 Å². The van der Waals surface area contributed by atoms with Gasteiger partial charge in [0.15, 0.2) is 0 Å². The molecular formula is C21H22O3. The van der Waals surface area contributed by atoms with Crippen molar-refractivity contribution in [3.63, 3.8) is 0 Å². The second-order valence-corrected chi connectivity index (χ2v) is 7.01. The summed E-state index contributed by atoms with van der Waals surface area (Å²) in [5.74, 6) is 0.556. The summed E-state index contributed by atoms with van der Waals surface area (Å²) in [5, 5.41) is 0. The molecule has 4 rings (SSSR count). The number of fused-ring (bicyclic) bond motifs is 2. The smallest absolute Gasteiger partial charge is 0.337 e. The van der Waals surface area contributed by atoms with E-state index in [-0.39, 0.29) is 11.4 Å². The lowest BCUT2D eigenvalue weighted by Crippen LogP contribution is -2.26. The van der Waals surface area contributed by atoms with Crippen LogP contribution in [0.25, 0.3) is 0 Å². The summed E-state index contributed by atoms with van der Waals surface area (Å²) >= 11 is 0. The molecule has 2 aromatic carbocycles. The quantitative estimate of drug-likeness (QED) is 0.783. The fourth-order valence-corrected chi connectivity index (χ4v) is 3.95. The lowest BCUT2D eigenvalue weighted by Gasteiger charge is -2.26. The average Bonchev–Trinajstić information content (AvgIpc) is 2.98. The molecule has 1 atom stereocenters. The second kappa shape index (κ2) is 5.66. The first-order valence-electron chi connectivity index (χ1n) is 8.60. The Bertz CT molecular complexity index is 809. The SMILES string of the molecule is COC(=O)c1ccc2c(c1)C(C)(c1ccc3c(c1)CCCC3)CO2. The van der Waals surface area contributed by atoms with Crippen LogP contribution in [0.3, 0.4) is 0 Å². The van der Waals surface area contributed by atoms with Crippen molar-refractivity contribution in [2.24, 2.45) is 0 Å². The Morgan fingerprint density at radius 2 is 1.88 bits per heavy atom. The molecule has 1 heterocycles. The molecule has 0 amide bonds. The molecule has 3 nitrogen and oxygen atoms in total. The molecule has 0 bridgehead atoms. The van der Waals surface area contributed by atoms with E-state index >= 15 is 0 Å². The van der Waals surface area contributed by atoms with Gasteiger partial charge in [0.1, 0.15) is 12.4 Å². The fourth-order valence-electron chi connectivity index (χ4n) is 3.95. The Labute approximate surface area is 142 Å². The maximum Gasteiger partial charge on any atom is 0.337 e. The number of methoxy groups -OCH3 is 1. The van der Waals surface area contributed by atoms with Crippen LogP contribution in [0.2, 0.25) is 0 Å². The van der Waals surface area contributed by atoms with Gasteiger partial charge in [-0.05, 0) is 67.5 Å². The van der Waals surface area contributed by atoms with Gasteiger partial charge in [-0.3, -0.25) is 0 Å². The lowest BCUT2D eigenvalue weighted by atomic mass is 9.75. The number of benzene rings is 2. The molecule has 0 aromatic heterocycles. The van der Waals surface area contributed by atoms with Crippen molar-refractivity contribution in [2.75, 3.05) is 13.7 Å². The molecule has 0 saturated carbocycles. The zero-order valence-electron chi connectivity index (χ0n) is 14.2. The summed E-state index contributed by atoms with van der Waals surface area (Å²) in [6.45, 7) is 2.80. The van der Waals surface area contributed by atoms with Crippen LogP contribution in [0.1, 0.15) is 52.4 Å². The third-order valence-corrected chi connectivity index (χ3v) is 5.50.